The number of nitrogens with zero attached hydrogens (tertiary/aromatic N) is 4. The molecular formula is C22H24F2N4O2. The van der Waals surface area contributed by atoms with Crippen LogP contribution in [0.4, 0.5) is 14.5 Å². The lowest BCUT2D eigenvalue weighted by molar-refractivity contribution is 0.313. The number of hydrogen-bond acceptors (Lipinski definition) is 5. The van der Waals surface area contributed by atoms with Crippen LogP contribution in [0, 0.1) is 11.6 Å². The van der Waals surface area contributed by atoms with Gasteiger partial charge in [0.15, 0.2) is 23.1 Å². The van der Waals surface area contributed by atoms with Crippen molar-refractivity contribution < 1.29 is 18.3 Å². The van der Waals surface area contributed by atoms with Crippen molar-refractivity contribution in [1.82, 2.24) is 14.7 Å². The van der Waals surface area contributed by atoms with Crippen molar-refractivity contribution in [3.05, 3.63) is 54.4 Å². The third-order valence-electron chi connectivity index (χ3n) is 5.44. The summed E-state index contributed by atoms with van der Waals surface area (Å²) in [6.45, 7) is 3.52. The summed E-state index contributed by atoms with van der Waals surface area (Å²) in [5.74, 6) is -1.72. The summed E-state index contributed by atoms with van der Waals surface area (Å²) in [7, 11) is 4.76. The number of likely N-dealkylation sites (N-methyl/N-ethyl adjacent to an activating group) is 1. The Morgan fingerprint density at radius 3 is 2.17 bits per heavy atom. The fraction of sp³-hybridized carbons (Fsp3) is 0.318. The largest absolute Gasteiger partial charge is 0.494 e. The molecule has 0 N–H and O–H groups in total. The van der Waals surface area contributed by atoms with Gasteiger partial charge in [-0.2, -0.15) is 5.10 Å². The Labute approximate surface area is 174 Å². The van der Waals surface area contributed by atoms with E-state index in [9.17, 15) is 0 Å². The van der Waals surface area contributed by atoms with Gasteiger partial charge in [-0.25, -0.2) is 13.5 Å². The summed E-state index contributed by atoms with van der Waals surface area (Å²) >= 11 is 0. The molecule has 0 saturated carbocycles. The van der Waals surface area contributed by atoms with Crippen LogP contribution in [0.25, 0.3) is 16.8 Å². The lowest BCUT2D eigenvalue weighted by Crippen LogP contribution is -2.44. The van der Waals surface area contributed by atoms with E-state index in [0.717, 1.165) is 31.9 Å². The number of hydrogen-bond donors (Lipinski definition) is 0. The number of anilines is 1. The highest BCUT2D eigenvalue weighted by atomic mass is 19.1. The van der Waals surface area contributed by atoms with Gasteiger partial charge in [0.2, 0.25) is 0 Å². The van der Waals surface area contributed by atoms with Crippen LogP contribution < -0.4 is 14.4 Å². The molecule has 1 aliphatic heterocycles. The maximum atomic E-state index is 15.3. The predicted molar refractivity (Wildman–Crippen MR) is 112 cm³/mol. The highest BCUT2D eigenvalue weighted by Gasteiger charge is 2.25. The Bertz CT molecular complexity index is 1000. The van der Waals surface area contributed by atoms with E-state index in [-0.39, 0.29) is 17.1 Å². The Balaban J connectivity index is 1.92. The number of ether oxygens (including phenoxy) is 2. The van der Waals surface area contributed by atoms with Crippen LogP contribution in [-0.4, -0.2) is 62.1 Å². The van der Waals surface area contributed by atoms with E-state index in [0.29, 0.717) is 11.3 Å². The first-order chi connectivity index (χ1) is 14.5. The van der Waals surface area contributed by atoms with Crippen LogP contribution in [-0.2, 0) is 0 Å². The number of methoxy groups -OCH3 is 2. The molecule has 0 unspecified atom stereocenters. The van der Waals surface area contributed by atoms with Crippen LogP contribution in [0.2, 0.25) is 0 Å². The van der Waals surface area contributed by atoms with E-state index in [1.165, 1.54) is 20.3 Å². The van der Waals surface area contributed by atoms with E-state index < -0.39 is 11.6 Å². The quantitative estimate of drug-likeness (QED) is 0.639. The third kappa shape index (κ3) is 3.59. The average Bonchev–Trinajstić information content (AvgIpc) is 3.29. The molecule has 1 aliphatic rings. The van der Waals surface area contributed by atoms with Crippen LogP contribution in [0.1, 0.15) is 0 Å². The van der Waals surface area contributed by atoms with E-state index in [2.05, 4.69) is 21.9 Å². The topological polar surface area (TPSA) is 42.8 Å². The van der Waals surface area contributed by atoms with Crippen molar-refractivity contribution in [3.63, 3.8) is 0 Å². The zero-order valence-electron chi connectivity index (χ0n) is 17.2. The lowest BCUT2D eigenvalue weighted by atomic mass is 9.99. The van der Waals surface area contributed by atoms with Gasteiger partial charge < -0.3 is 19.3 Å². The first-order valence-electron chi connectivity index (χ1n) is 9.71. The first-order valence-corrected chi connectivity index (χ1v) is 9.71. The summed E-state index contributed by atoms with van der Waals surface area (Å²) in [4.78, 5) is 4.46. The normalized spacial score (nSPS) is 14.8. The fourth-order valence-corrected chi connectivity index (χ4v) is 3.72. The van der Waals surface area contributed by atoms with Gasteiger partial charge in [-0.05, 0) is 31.3 Å². The molecule has 6 nitrogen and oxygen atoms in total. The molecule has 0 spiro atoms. The van der Waals surface area contributed by atoms with Gasteiger partial charge in [0, 0.05) is 55.9 Å². The molecular weight excluding hydrogens is 390 g/mol. The van der Waals surface area contributed by atoms with E-state index >= 15 is 8.78 Å². The van der Waals surface area contributed by atoms with Crippen molar-refractivity contribution in [2.24, 2.45) is 0 Å². The van der Waals surface area contributed by atoms with Crippen molar-refractivity contribution in [2.75, 3.05) is 52.3 Å². The maximum Gasteiger partial charge on any atom is 0.176 e. The predicted octanol–water partition coefficient (Wildman–Crippen LogP) is 3.59. The molecule has 4 rings (SSSR count). The first kappa shape index (κ1) is 20.2. The monoisotopic (exact) mass is 414 g/mol. The van der Waals surface area contributed by atoms with Crippen molar-refractivity contribution in [2.45, 2.75) is 0 Å². The summed E-state index contributed by atoms with van der Waals surface area (Å²) in [5, 5.41) is 4.26. The van der Waals surface area contributed by atoms with Crippen molar-refractivity contribution in [1.29, 1.82) is 0 Å². The molecule has 0 amide bonds. The van der Waals surface area contributed by atoms with Gasteiger partial charge in [0.1, 0.15) is 0 Å². The molecule has 8 heteroatoms. The third-order valence-corrected chi connectivity index (χ3v) is 5.44. The molecule has 1 fully saturated rings. The number of piperazine rings is 1. The molecule has 1 saturated heterocycles. The Morgan fingerprint density at radius 2 is 1.60 bits per heavy atom. The molecule has 1 aromatic heterocycles. The molecule has 0 aliphatic carbocycles. The maximum absolute atomic E-state index is 15.3. The van der Waals surface area contributed by atoms with Gasteiger partial charge in [-0.3, -0.25) is 0 Å². The Kier molecular flexibility index (Phi) is 5.59. The zero-order chi connectivity index (χ0) is 21.3. The second-order valence-electron chi connectivity index (χ2n) is 7.23. The standard InChI is InChI=1S/C22H24F2N4O2/c1-26-9-11-27(12-10-26)15-5-6-17(28-8-4-7-25-28)16(13-15)20-21(23)18(29-2)14-19(30-3)22(20)24/h4-8,13-14H,9-12H2,1-3H3. The van der Waals surface area contributed by atoms with E-state index in [4.69, 9.17) is 9.47 Å². The number of rotatable bonds is 5. The smallest absolute Gasteiger partial charge is 0.176 e. The molecule has 158 valence electrons. The SMILES string of the molecule is COc1cc(OC)c(F)c(-c2cc(N3CCN(C)CC3)ccc2-n2cccn2)c1F. The minimum Gasteiger partial charge on any atom is -0.494 e. The van der Waals surface area contributed by atoms with Crippen molar-refractivity contribution >= 4 is 5.69 Å². The van der Waals surface area contributed by atoms with E-state index in [1.54, 1.807) is 23.1 Å². The zero-order valence-corrected chi connectivity index (χ0v) is 17.2. The summed E-state index contributed by atoms with van der Waals surface area (Å²) < 4.78 is 42.5. The average molecular weight is 414 g/mol. The molecule has 2 heterocycles. The van der Waals surface area contributed by atoms with Crippen molar-refractivity contribution in [3.8, 4) is 28.3 Å². The number of aromatic nitrogens is 2. The highest BCUT2D eigenvalue weighted by Crippen LogP contribution is 2.41. The second-order valence-corrected chi connectivity index (χ2v) is 7.23. The van der Waals surface area contributed by atoms with Crippen LogP contribution in [0.15, 0.2) is 42.7 Å². The number of halogens is 2. The minimum absolute atomic E-state index is 0.0836. The van der Waals surface area contributed by atoms with Gasteiger partial charge in [0.05, 0.1) is 25.5 Å². The van der Waals surface area contributed by atoms with E-state index in [1.807, 2.05) is 18.2 Å². The molecule has 3 aromatic rings. The van der Waals surface area contributed by atoms with Crippen LogP contribution >= 0.6 is 0 Å². The molecule has 0 bridgehead atoms. The van der Waals surface area contributed by atoms with Gasteiger partial charge in [-0.15, -0.1) is 0 Å². The summed E-state index contributed by atoms with van der Waals surface area (Å²) in [6.07, 6.45) is 3.36. The fourth-order valence-electron chi connectivity index (χ4n) is 3.72. The number of benzene rings is 2. The summed E-state index contributed by atoms with van der Waals surface area (Å²) in [5.41, 5.74) is 1.63. The van der Waals surface area contributed by atoms with Gasteiger partial charge in [0.25, 0.3) is 0 Å². The van der Waals surface area contributed by atoms with Crippen LogP contribution in [0.5, 0.6) is 11.5 Å². The van der Waals surface area contributed by atoms with Gasteiger partial charge in [-0.1, -0.05) is 0 Å². The minimum atomic E-state index is -0.778. The van der Waals surface area contributed by atoms with Crippen LogP contribution in [0.3, 0.4) is 0 Å². The Morgan fingerprint density at radius 1 is 0.933 bits per heavy atom. The highest BCUT2D eigenvalue weighted by molar-refractivity contribution is 5.80. The lowest BCUT2D eigenvalue weighted by Gasteiger charge is -2.34. The molecule has 0 atom stereocenters. The molecule has 30 heavy (non-hydrogen) atoms. The molecule has 0 radical (unpaired) electrons. The second kappa shape index (κ2) is 8.31. The molecule has 2 aromatic carbocycles. The Hall–Kier alpha value is -3.13. The summed E-state index contributed by atoms with van der Waals surface area (Å²) in [6, 6.07) is 8.58. The van der Waals surface area contributed by atoms with Gasteiger partial charge >= 0.3 is 0 Å².